The average Bonchev–Trinajstić information content (AvgIpc) is 3.39. The average molecular weight is 515 g/mol. The van der Waals surface area contributed by atoms with Gasteiger partial charge in [0.15, 0.2) is 6.61 Å². The van der Waals surface area contributed by atoms with Gasteiger partial charge in [-0.3, -0.25) is 14.4 Å². The number of nitrogens with zero attached hydrogens (tertiary/aromatic N) is 4. The monoisotopic (exact) mass is 515 g/mol. The molecule has 0 unspecified atom stereocenters. The maximum absolute atomic E-state index is 13.1. The van der Waals surface area contributed by atoms with Crippen LogP contribution in [0.15, 0.2) is 54.9 Å². The number of hydrogen-bond acceptors (Lipinski definition) is 8. The van der Waals surface area contributed by atoms with Crippen LogP contribution in [-0.2, 0) is 11.3 Å². The van der Waals surface area contributed by atoms with Crippen molar-refractivity contribution in [3.63, 3.8) is 0 Å². The molecule has 13 heteroatoms. The van der Waals surface area contributed by atoms with Crippen LogP contribution in [-0.4, -0.2) is 55.0 Å². The van der Waals surface area contributed by atoms with E-state index in [2.05, 4.69) is 31.0 Å². The molecule has 0 fully saturated rings. The summed E-state index contributed by atoms with van der Waals surface area (Å²) in [5.74, 6) is -1.77. The Kier molecular flexibility index (Phi) is 6.39. The van der Waals surface area contributed by atoms with Gasteiger partial charge in [-0.2, -0.15) is 14.6 Å². The molecule has 192 valence electrons. The molecule has 0 saturated carbocycles. The van der Waals surface area contributed by atoms with E-state index in [0.29, 0.717) is 22.6 Å². The number of anilines is 1. The Morgan fingerprint density at radius 2 is 1.92 bits per heavy atom. The van der Waals surface area contributed by atoms with Crippen LogP contribution in [0.3, 0.4) is 0 Å². The van der Waals surface area contributed by atoms with Crippen LogP contribution >= 0.6 is 0 Å². The van der Waals surface area contributed by atoms with Gasteiger partial charge in [-0.05, 0) is 42.3 Å². The number of fused-ring (bicyclic) bond motifs is 2. The molecule has 4 aromatic rings. The molecule has 3 amide bonds. The fourth-order valence-electron chi connectivity index (χ4n) is 3.87. The van der Waals surface area contributed by atoms with Crippen molar-refractivity contribution < 1.29 is 29.0 Å². The van der Waals surface area contributed by atoms with Crippen molar-refractivity contribution >= 4 is 35.2 Å². The van der Waals surface area contributed by atoms with Crippen molar-refractivity contribution in [2.45, 2.75) is 19.5 Å². The first-order valence-electron chi connectivity index (χ1n) is 11.5. The van der Waals surface area contributed by atoms with Gasteiger partial charge in [0.05, 0.1) is 17.3 Å². The lowest BCUT2D eigenvalue weighted by atomic mass is 10.1. The molecular formula is C25H21N7O6. The van der Waals surface area contributed by atoms with E-state index in [-0.39, 0.29) is 41.8 Å². The molecule has 0 spiro atoms. The summed E-state index contributed by atoms with van der Waals surface area (Å²) in [6.45, 7) is 1.82. The van der Waals surface area contributed by atoms with Crippen molar-refractivity contribution in [1.82, 2.24) is 30.2 Å². The first-order valence-corrected chi connectivity index (χ1v) is 11.5. The second-order valence-electron chi connectivity index (χ2n) is 8.47. The van der Waals surface area contributed by atoms with Crippen LogP contribution in [0, 0.1) is 0 Å². The fraction of sp³-hybridized carbons (Fsp3) is 0.160. The lowest BCUT2D eigenvalue weighted by Gasteiger charge is -2.18. The largest absolute Gasteiger partial charge is 0.482 e. The second kappa shape index (κ2) is 9.97. The van der Waals surface area contributed by atoms with E-state index in [1.807, 2.05) is 0 Å². The minimum atomic E-state index is -1.04. The van der Waals surface area contributed by atoms with Crippen LogP contribution in [0.25, 0.3) is 5.78 Å². The minimum Gasteiger partial charge on any atom is -0.482 e. The number of benzene rings is 2. The summed E-state index contributed by atoms with van der Waals surface area (Å²) in [6, 6.07) is 12.1. The molecule has 1 atom stereocenters. The van der Waals surface area contributed by atoms with Crippen LogP contribution in [0.5, 0.6) is 5.75 Å². The van der Waals surface area contributed by atoms with Crippen molar-refractivity contribution in [3.05, 3.63) is 82.9 Å². The van der Waals surface area contributed by atoms with Crippen LogP contribution in [0.2, 0.25) is 0 Å². The number of aromatic nitrogens is 4. The van der Waals surface area contributed by atoms with Crippen molar-refractivity contribution in [2.24, 2.45) is 0 Å². The fourth-order valence-corrected chi connectivity index (χ4v) is 3.87. The summed E-state index contributed by atoms with van der Waals surface area (Å²) in [4.78, 5) is 56.9. The predicted molar refractivity (Wildman–Crippen MR) is 132 cm³/mol. The number of carboxylic acids is 1. The van der Waals surface area contributed by atoms with Crippen molar-refractivity contribution in [1.29, 1.82) is 0 Å². The Bertz CT molecular complexity index is 1580. The number of hydrogen-bond donors (Lipinski definition) is 4. The summed E-state index contributed by atoms with van der Waals surface area (Å²) in [7, 11) is 0. The highest BCUT2D eigenvalue weighted by Gasteiger charge is 2.21. The smallest absolute Gasteiger partial charge is 0.335 e. The molecule has 0 radical (unpaired) electrons. The summed E-state index contributed by atoms with van der Waals surface area (Å²) < 4.78 is 6.56. The Hall–Kier alpha value is -5.33. The lowest BCUT2D eigenvalue weighted by Crippen LogP contribution is -2.30. The summed E-state index contributed by atoms with van der Waals surface area (Å²) in [5.41, 5.74) is 2.06. The van der Waals surface area contributed by atoms with Gasteiger partial charge < -0.3 is 25.8 Å². The maximum Gasteiger partial charge on any atom is 0.335 e. The molecule has 2 aromatic carbocycles. The number of carboxylic acid groups (broad SMARTS) is 1. The second-order valence-corrected chi connectivity index (χ2v) is 8.47. The van der Waals surface area contributed by atoms with E-state index in [4.69, 9.17) is 9.84 Å². The molecule has 2 aromatic heterocycles. The molecule has 5 rings (SSSR count). The molecule has 1 aliphatic rings. The molecule has 0 saturated heterocycles. The zero-order valence-electron chi connectivity index (χ0n) is 20.0. The number of nitrogens with one attached hydrogen (secondary N) is 3. The SMILES string of the molecule is C[C@H](NC(=O)c1cc(C(=O)NCc2ccc3c(c2)NC(=O)CO3)nc2ncnn12)c1ccc(C(=O)O)cc1. The van der Waals surface area contributed by atoms with Gasteiger partial charge in [0, 0.05) is 12.6 Å². The van der Waals surface area contributed by atoms with Gasteiger partial charge in [0.25, 0.3) is 23.5 Å². The summed E-state index contributed by atoms with van der Waals surface area (Å²) in [5, 5.41) is 21.4. The molecule has 38 heavy (non-hydrogen) atoms. The topological polar surface area (TPSA) is 177 Å². The van der Waals surface area contributed by atoms with Gasteiger partial charge in [0.2, 0.25) is 0 Å². The highest BCUT2D eigenvalue weighted by Crippen LogP contribution is 2.28. The Morgan fingerprint density at radius 3 is 2.68 bits per heavy atom. The predicted octanol–water partition coefficient (Wildman–Crippen LogP) is 1.57. The summed E-state index contributed by atoms with van der Waals surface area (Å²) in [6.07, 6.45) is 1.22. The normalized spacial score (nSPS) is 13.1. The van der Waals surface area contributed by atoms with Gasteiger partial charge in [-0.25, -0.2) is 9.78 Å². The molecule has 1 aliphatic heterocycles. The third-order valence-electron chi connectivity index (χ3n) is 5.85. The van der Waals surface area contributed by atoms with E-state index in [0.717, 1.165) is 0 Å². The van der Waals surface area contributed by atoms with Gasteiger partial charge in [-0.15, -0.1) is 0 Å². The van der Waals surface area contributed by atoms with Crippen LogP contribution < -0.4 is 20.7 Å². The highest BCUT2D eigenvalue weighted by molar-refractivity contribution is 5.98. The van der Waals surface area contributed by atoms with E-state index in [1.54, 1.807) is 37.3 Å². The van der Waals surface area contributed by atoms with E-state index in [1.165, 1.54) is 29.0 Å². The molecule has 13 nitrogen and oxygen atoms in total. The number of aromatic carboxylic acids is 1. The number of carbonyl (C=O) groups is 4. The first kappa shape index (κ1) is 24.4. The molecule has 0 aliphatic carbocycles. The quantitative estimate of drug-likeness (QED) is 0.284. The Labute approximate surface area is 214 Å². The minimum absolute atomic E-state index is 0.0382. The van der Waals surface area contributed by atoms with E-state index < -0.39 is 23.8 Å². The lowest BCUT2D eigenvalue weighted by molar-refractivity contribution is -0.118. The Balaban J connectivity index is 1.31. The molecule has 0 bridgehead atoms. The van der Waals surface area contributed by atoms with Crippen LogP contribution in [0.4, 0.5) is 5.69 Å². The van der Waals surface area contributed by atoms with E-state index in [9.17, 15) is 19.2 Å². The third kappa shape index (κ3) is 4.97. The Morgan fingerprint density at radius 1 is 1.13 bits per heavy atom. The number of ether oxygens (including phenoxy) is 1. The number of rotatable bonds is 7. The van der Waals surface area contributed by atoms with Gasteiger partial charge in [0.1, 0.15) is 23.5 Å². The van der Waals surface area contributed by atoms with Gasteiger partial charge >= 0.3 is 5.97 Å². The molecule has 3 heterocycles. The zero-order valence-corrected chi connectivity index (χ0v) is 20.0. The highest BCUT2D eigenvalue weighted by atomic mass is 16.5. The molecular weight excluding hydrogens is 494 g/mol. The number of amides is 3. The standard InChI is InChI=1S/C25H21N7O6/c1-13(15-3-5-16(6-4-15)24(36)37)29-23(35)19-9-18(31-25-27-12-28-32(19)25)22(34)26-10-14-2-7-20-17(8-14)30-21(33)11-38-20/h2-9,12-13H,10-11H2,1H3,(H,26,34)(H,29,35)(H,30,33)(H,36,37)/t13-/m0/s1. The third-order valence-corrected chi connectivity index (χ3v) is 5.85. The first-order chi connectivity index (χ1) is 18.3. The van der Waals surface area contributed by atoms with Crippen molar-refractivity contribution in [2.75, 3.05) is 11.9 Å². The number of carbonyl (C=O) groups excluding carboxylic acids is 3. The molecule has 4 N–H and O–H groups in total. The van der Waals surface area contributed by atoms with E-state index >= 15 is 0 Å². The van der Waals surface area contributed by atoms with Crippen LogP contribution in [0.1, 0.15) is 55.4 Å². The van der Waals surface area contributed by atoms with Gasteiger partial charge in [-0.1, -0.05) is 18.2 Å². The maximum atomic E-state index is 13.1. The van der Waals surface area contributed by atoms with Crippen molar-refractivity contribution in [3.8, 4) is 5.75 Å². The zero-order chi connectivity index (χ0) is 26.8. The summed E-state index contributed by atoms with van der Waals surface area (Å²) >= 11 is 0.